The highest BCUT2D eigenvalue weighted by Gasteiger charge is 2.04. The minimum Gasteiger partial charge on any atom is -0.368 e. The number of nitrogens with one attached hydrogen (secondary N) is 3. The molecule has 3 N–H and O–H groups in total. The third-order valence-corrected chi connectivity index (χ3v) is 4.09. The first kappa shape index (κ1) is 18.4. The van der Waals surface area contributed by atoms with Gasteiger partial charge in [0.1, 0.15) is 12.1 Å². The van der Waals surface area contributed by atoms with Gasteiger partial charge in [0.15, 0.2) is 5.82 Å². The molecule has 0 spiro atoms. The summed E-state index contributed by atoms with van der Waals surface area (Å²) in [5.74, 6) is 1.35. The molecule has 3 rings (SSSR count). The number of anilines is 2. The molecule has 0 aliphatic rings. The largest absolute Gasteiger partial charge is 0.368 e. The highest BCUT2D eigenvalue weighted by molar-refractivity contribution is 5.89. The fourth-order valence-corrected chi connectivity index (χ4v) is 2.47. The Morgan fingerprint density at radius 2 is 1.89 bits per heavy atom. The maximum absolute atomic E-state index is 12.0. The average molecular weight is 365 g/mol. The first-order valence-electron chi connectivity index (χ1n) is 8.72. The number of carbonyl (C=O) groups is 1. The molecule has 2 aromatic heterocycles. The SMILES string of the molecule is Cc1ccn(-c2cc(NCCNC(=O)Nc3ccc(C)c(C)c3)ncn2)n1. The molecule has 2 amide bonds. The van der Waals surface area contributed by atoms with Crippen molar-refractivity contribution in [3.05, 3.63) is 59.7 Å². The van der Waals surface area contributed by atoms with Gasteiger partial charge in [0.05, 0.1) is 5.69 Å². The number of urea groups is 1. The Hall–Kier alpha value is -3.42. The predicted molar refractivity (Wildman–Crippen MR) is 105 cm³/mol. The van der Waals surface area contributed by atoms with E-state index in [1.807, 2.05) is 57.3 Å². The topological polar surface area (TPSA) is 96.8 Å². The van der Waals surface area contributed by atoms with Crippen LogP contribution in [0.2, 0.25) is 0 Å². The van der Waals surface area contributed by atoms with Crippen molar-refractivity contribution in [1.82, 2.24) is 25.1 Å². The molecule has 140 valence electrons. The Morgan fingerprint density at radius 1 is 1.04 bits per heavy atom. The van der Waals surface area contributed by atoms with Gasteiger partial charge in [0.2, 0.25) is 0 Å². The molecule has 0 atom stereocenters. The van der Waals surface area contributed by atoms with Crippen molar-refractivity contribution in [3.63, 3.8) is 0 Å². The molecule has 3 aromatic rings. The van der Waals surface area contributed by atoms with E-state index >= 15 is 0 Å². The molecule has 0 aliphatic heterocycles. The second-order valence-corrected chi connectivity index (χ2v) is 6.27. The van der Waals surface area contributed by atoms with Crippen molar-refractivity contribution in [2.24, 2.45) is 0 Å². The van der Waals surface area contributed by atoms with Crippen LogP contribution in [0.15, 0.2) is 42.9 Å². The zero-order valence-electron chi connectivity index (χ0n) is 15.7. The lowest BCUT2D eigenvalue weighted by atomic mass is 10.1. The second-order valence-electron chi connectivity index (χ2n) is 6.27. The van der Waals surface area contributed by atoms with E-state index < -0.39 is 0 Å². The van der Waals surface area contributed by atoms with Gasteiger partial charge in [-0.3, -0.25) is 0 Å². The number of aromatic nitrogens is 4. The summed E-state index contributed by atoms with van der Waals surface area (Å²) in [5, 5.41) is 13.1. The highest BCUT2D eigenvalue weighted by Crippen LogP contribution is 2.13. The van der Waals surface area contributed by atoms with E-state index in [4.69, 9.17) is 0 Å². The van der Waals surface area contributed by atoms with Gasteiger partial charge < -0.3 is 16.0 Å². The van der Waals surface area contributed by atoms with E-state index in [9.17, 15) is 4.79 Å². The standard InChI is InChI=1S/C19H23N7O/c1-13-4-5-16(10-14(13)2)24-19(27)21-8-7-20-17-11-18(23-12-22-17)26-9-6-15(3)25-26/h4-6,9-12H,7-8H2,1-3H3,(H,20,22,23)(H2,21,24,27). The highest BCUT2D eigenvalue weighted by atomic mass is 16.2. The number of hydrogen-bond donors (Lipinski definition) is 3. The quantitative estimate of drug-likeness (QED) is 0.584. The minimum absolute atomic E-state index is 0.240. The molecular formula is C19H23N7O. The van der Waals surface area contributed by atoms with Crippen LogP contribution >= 0.6 is 0 Å². The minimum atomic E-state index is -0.240. The molecule has 27 heavy (non-hydrogen) atoms. The van der Waals surface area contributed by atoms with E-state index in [0.29, 0.717) is 24.7 Å². The summed E-state index contributed by atoms with van der Waals surface area (Å²) in [6.45, 7) is 6.97. The Labute approximate surface area is 158 Å². The van der Waals surface area contributed by atoms with E-state index in [1.165, 1.54) is 11.9 Å². The smallest absolute Gasteiger partial charge is 0.319 e. The zero-order chi connectivity index (χ0) is 19.2. The van der Waals surface area contributed by atoms with Crippen LogP contribution in [0.25, 0.3) is 5.82 Å². The molecule has 0 saturated heterocycles. The van der Waals surface area contributed by atoms with Crippen LogP contribution in [0, 0.1) is 20.8 Å². The van der Waals surface area contributed by atoms with Crippen molar-refractivity contribution in [2.45, 2.75) is 20.8 Å². The van der Waals surface area contributed by atoms with Gasteiger partial charge in [-0.1, -0.05) is 6.07 Å². The Bertz CT molecular complexity index is 935. The maximum atomic E-state index is 12.0. The molecule has 0 radical (unpaired) electrons. The fourth-order valence-electron chi connectivity index (χ4n) is 2.47. The van der Waals surface area contributed by atoms with Crippen LogP contribution in [-0.2, 0) is 0 Å². The monoisotopic (exact) mass is 365 g/mol. The number of carbonyl (C=O) groups excluding carboxylic acids is 1. The fraction of sp³-hybridized carbons (Fsp3) is 0.263. The van der Waals surface area contributed by atoms with Gasteiger partial charge in [0.25, 0.3) is 0 Å². The van der Waals surface area contributed by atoms with Crippen LogP contribution in [0.1, 0.15) is 16.8 Å². The lowest BCUT2D eigenvalue weighted by Gasteiger charge is -2.10. The second kappa shape index (κ2) is 8.31. The summed E-state index contributed by atoms with van der Waals surface area (Å²) in [6.07, 6.45) is 3.33. The third kappa shape index (κ3) is 5.04. The van der Waals surface area contributed by atoms with Crippen molar-refractivity contribution in [1.29, 1.82) is 0 Å². The number of benzene rings is 1. The lowest BCUT2D eigenvalue weighted by molar-refractivity contribution is 0.252. The molecule has 0 aliphatic carbocycles. The van der Waals surface area contributed by atoms with Crippen molar-refractivity contribution in [2.75, 3.05) is 23.7 Å². The maximum Gasteiger partial charge on any atom is 0.319 e. The van der Waals surface area contributed by atoms with Gasteiger partial charge in [-0.15, -0.1) is 0 Å². The molecule has 0 saturated carbocycles. The summed E-state index contributed by atoms with van der Waals surface area (Å²) in [4.78, 5) is 20.4. The number of hydrogen-bond acceptors (Lipinski definition) is 5. The molecule has 8 nitrogen and oxygen atoms in total. The van der Waals surface area contributed by atoms with Gasteiger partial charge >= 0.3 is 6.03 Å². The van der Waals surface area contributed by atoms with Crippen LogP contribution in [-0.4, -0.2) is 38.9 Å². The van der Waals surface area contributed by atoms with Crippen LogP contribution < -0.4 is 16.0 Å². The number of amides is 2. The molecule has 0 fully saturated rings. The number of aryl methyl sites for hydroxylation is 3. The summed E-state index contributed by atoms with van der Waals surface area (Å²) >= 11 is 0. The molecule has 2 heterocycles. The van der Waals surface area contributed by atoms with Gasteiger partial charge in [0, 0.05) is 31.0 Å². The third-order valence-electron chi connectivity index (χ3n) is 4.09. The predicted octanol–water partition coefficient (Wildman–Crippen LogP) is 2.82. The van der Waals surface area contributed by atoms with E-state index in [2.05, 4.69) is 31.0 Å². The van der Waals surface area contributed by atoms with E-state index in [0.717, 1.165) is 16.9 Å². The summed E-state index contributed by atoms with van der Waals surface area (Å²) in [7, 11) is 0. The van der Waals surface area contributed by atoms with Crippen molar-refractivity contribution >= 4 is 17.5 Å². The van der Waals surface area contributed by atoms with Gasteiger partial charge in [-0.05, 0) is 50.1 Å². The zero-order valence-corrected chi connectivity index (χ0v) is 15.7. The number of rotatable bonds is 6. The van der Waals surface area contributed by atoms with Crippen LogP contribution in [0.3, 0.4) is 0 Å². The summed E-state index contributed by atoms with van der Waals surface area (Å²) in [6, 6.07) is 9.30. The Morgan fingerprint density at radius 3 is 2.63 bits per heavy atom. The Balaban J connectivity index is 1.46. The average Bonchev–Trinajstić information content (AvgIpc) is 3.09. The lowest BCUT2D eigenvalue weighted by Crippen LogP contribution is -2.32. The van der Waals surface area contributed by atoms with Crippen molar-refractivity contribution in [3.8, 4) is 5.82 Å². The normalized spacial score (nSPS) is 10.5. The van der Waals surface area contributed by atoms with Crippen LogP contribution in [0.5, 0.6) is 0 Å². The van der Waals surface area contributed by atoms with Gasteiger partial charge in [-0.25, -0.2) is 19.4 Å². The number of nitrogens with zero attached hydrogens (tertiary/aromatic N) is 4. The molecule has 0 bridgehead atoms. The van der Waals surface area contributed by atoms with E-state index in [1.54, 1.807) is 4.68 Å². The molecule has 1 aromatic carbocycles. The first-order chi connectivity index (χ1) is 13.0. The first-order valence-corrected chi connectivity index (χ1v) is 8.72. The van der Waals surface area contributed by atoms with Crippen LogP contribution in [0.4, 0.5) is 16.3 Å². The summed E-state index contributed by atoms with van der Waals surface area (Å²) < 4.78 is 1.69. The Kier molecular flexibility index (Phi) is 5.65. The molecule has 8 heteroatoms. The van der Waals surface area contributed by atoms with Gasteiger partial charge in [-0.2, -0.15) is 5.10 Å². The molecular weight excluding hydrogens is 342 g/mol. The molecule has 0 unspecified atom stereocenters. The van der Waals surface area contributed by atoms with Crippen molar-refractivity contribution < 1.29 is 4.79 Å². The van der Waals surface area contributed by atoms with E-state index in [-0.39, 0.29) is 6.03 Å². The summed E-state index contributed by atoms with van der Waals surface area (Å²) in [5.41, 5.74) is 4.03.